The van der Waals surface area contributed by atoms with Crippen LogP contribution in [-0.2, 0) is 0 Å². The molecule has 21 heavy (non-hydrogen) atoms. The molecule has 1 aliphatic rings. The lowest BCUT2D eigenvalue weighted by molar-refractivity contribution is 0.101. The van der Waals surface area contributed by atoms with Crippen LogP contribution in [0.2, 0.25) is 0 Å². The van der Waals surface area contributed by atoms with E-state index in [4.69, 9.17) is 4.74 Å². The Morgan fingerprint density at radius 3 is 2.90 bits per heavy atom. The monoisotopic (exact) mass is 277 g/mol. The van der Waals surface area contributed by atoms with Gasteiger partial charge in [0.2, 0.25) is 5.78 Å². The minimum atomic E-state index is -0.167. The lowest BCUT2D eigenvalue weighted by Gasteiger charge is -1.99. The molecule has 4 nitrogen and oxygen atoms in total. The Morgan fingerprint density at radius 2 is 2.00 bits per heavy atom. The number of benzene rings is 2. The topological polar surface area (TPSA) is 62.3 Å². The van der Waals surface area contributed by atoms with Crippen LogP contribution >= 0.6 is 0 Å². The first-order valence-electron chi connectivity index (χ1n) is 6.55. The number of carbonyl (C=O) groups is 1. The van der Waals surface area contributed by atoms with Crippen molar-refractivity contribution in [3.63, 3.8) is 0 Å². The van der Waals surface area contributed by atoms with Crippen molar-refractivity contribution in [2.75, 3.05) is 0 Å². The van der Waals surface area contributed by atoms with E-state index in [2.05, 4.69) is 4.98 Å². The Kier molecular flexibility index (Phi) is 2.38. The Bertz CT molecular complexity index is 905. The van der Waals surface area contributed by atoms with Crippen LogP contribution in [0.15, 0.2) is 54.4 Å². The van der Waals surface area contributed by atoms with Gasteiger partial charge in [0.05, 0.1) is 5.56 Å². The van der Waals surface area contributed by atoms with E-state index in [0.717, 1.165) is 16.5 Å². The third-order valence-electron chi connectivity index (χ3n) is 3.53. The molecule has 2 aromatic carbocycles. The molecule has 4 rings (SSSR count). The Labute approximate surface area is 120 Å². The maximum absolute atomic E-state index is 12.2. The van der Waals surface area contributed by atoms with Gasteiger partial charge in [0.1, 0.15) is 11.5 Å². The molecule has 0 saturated heterocycles. The average molecular weight is 277 g/mol. The maximum atomic E-state index is 12.2. The van der Waals surface area contributed by atoms with Crippen LogP contribution in [0.3, 0.4) is 0 Å². The maximum Gasteiger partial charge on any atom is 0.231 e. The SMILES string of the molecule is O=C1/C(=C\c2ccc3[nH]ccc3c2)Oc2cc(O)ccc21. The number of nitrogens with one attached hydrogen (secondary N) is 1. The van der Waals surface area contributed by atoms with Crippen molar-refractivity contribution in [3.05, 3.63) is 65.5 Å². The number of hydrogen-bond acceptors (Lipinski definition) is 3. The molecular formula is C17H11NO3. The third-order valence-corrected chi connectivity index (χ3v) is 3.53. The van der Waals surface area contributed by atoms with Crippen LogP contribution in [0.1, 0.15) is 15.9 Å². The predicted octanol–water partition coefficient (Wildman–Crippen LogP) is 3.49. The van der Waals surface area contributed by atoms with Crippen molar-refractivity contribution < 1.29 is 14.6 Å². The molecule has 1 aliphatic heterocycles. The summed E-state index contributed by atoms with van der Waals surface area (Å²) in [4.78, 5) is 15.4. The van der Waals surface area contributed by atoms with Crippen molar-refractivity contribution in [2.45, 2.75) is 0 Å². The zero-order valence-corrected chi connectivity index (χ0v) is 11.0. The van der Waals surface area contributed by atoms with Crippen molar-refractivity contribution >= 4 is 22.8 Å². The number of aromatic hydroxyl groups is 1. The number of hydrogen-bond donors (Lipinski definition) is 2. The van der Waals surface area contributed by atoms with Gasteiger partial charge in [-0.1, -0.05) is 6.07 Å². The van der Waals surface area contributed by atoms with E-state index in [1.165, 1.54) is 12.1 Å². The van der Waals surface area contributed by atoms with Crippen LogP contribution < -0.4 is 4.74 Å². The molecule has 0 unspecified atom stereocenters. The summed E-state index contributed by atoms with van der Waals surface area (Å²) in [6.07, 6.45) is 3.59. The Hall–Kier alpha value is -3.01. The lowest BCUT2D eigenvalue weighted by atomic mass is 10.1. The smallest absolute Gasteiger partial charge is 0.231 e. The molecule has 0 radical (unpaired) electrons. The normalized spacial score (nSPS) is 15.4. The van der Waals surface area contributed by atoms with E-state index >= 15 is 0 Å². The molecule has 0 saturated carbocycles. The van der Waals surface area contributed by atoms with Crippen LogP contribution in [0.5, 0.6) is 11.5 Å². The second kappa shape index (κ2) is 4.24. The molecular weight excluding hydrogens is 266 g/mol. The fourth-order valence-electron chi connectivity index (χ4n) is 2.49. The van der Waals surface area contributed by atoms with Crippen LogP contribution in [-0.4, -0.2) is 15.9 Å². The highest BCUT2D eigenvalue weighted by atomic mass is 16.5. The summed E-state index contributed by atoms with van der Waals surface area (Å²) < 4.78 is 5.54. The number of Topliss-reactive ketones (excluding diaryl/α,β-unsaturated/α-hetero) is 1. The van der Waals surface area contributed by atoms with Crippen molar-refractivity contribution in [2.24, 2.45) is 0 Å². The van der Waals surface area contributed by atoms with Crippen molar-refractivity contribution in [3.8, 4) is 11.5 Å². The van der Waals surface area contributed by atoms with E-state index in [1.54, 1.807) is 12.1 Å². The van der Waals surface area contributed by atoms with E-state index in [9.17, 15) is 9.90 Å². The number of fused-ring (bicyclic) bond motifs is 2. The van der Waals surface area contributed by atoms with Gasteiger partial charge in [0.25, 0.3) is 0 Å². The lowest BCUT2D eigenvalue weighted by Crippen LogP contribution is -1.97. The van der Waals surface area contributed by atoms with Crippen LogP contribution in [0.4, 0.5) is 0 Å². The largest absolute Gasteiger partial charge is 0.508 e. The highest BCUT2D eigenvalue weighted by molar-refractivity contribution is 6.14. The van der Waals surface area contributed by atoms with Gasteiger partial charge in [-0.25, -0.2) is 0 Å². The molecule has 0 bridgehead atoms. The molecule has 0 aliphatic carbocycles. The van der Waals surface area contributed by atoms with Crippen molar-refractivity contribution in [1.82, 2.24) is 4.98 Å². The molecule has 0 amide bonds. The highest BCUT2D eigenvalue weighted by Crippen LogP contribution is 2.34. The minimum absolute atomic E-state index is 0.0801. The first-order chi connectivity index (χ1) is 10.2. The number of aromatic nitrogens is 1. The summed E-state index contributed by atoms with van der Waals surface area (Å²) in [5.41, 5.74) is 2.41. The minimum Gasteiger partial charge on any atom is -0.508 e. The van der Waals surface area contributed by atoms with Gasteiger partial charge < -0.3 is 14.8 Å². The zero-order chi connectivity index (χ0) is 14.4. The molecule has 0 spiro atoms. The zero-order valence-electron chi connectivity index (χ0n) is 11.0. The molecule has 2 N–H and O–H groups in total. The van der Waals surface area contributed by atoms with Gasteiger partial charge in [-0.2, -0.15) is 0 Å². The number of phenolic OH excluding ortho intramolecular Hbond substituents is 1. The molecule has 0 atom stereocenters. The van der Waals surface area contributed by atoms with Gasteiger partial charge in [0, 0.05) is 17.8 Å². The fourth-order valence-corrected chi connectivity index (χ4v) is 2.49. The average Bonchev–Trinajstić information content (AvgIpc) is 3.04. The molecule has 1 aromatic heterocycles. The van der Waals surface area contributed by atoms with E-state index in [1.807, 2.05) is 30.5 Å². The first kappa shape index (κ1) is 11.8. The van der Waals surface area contributed by atoms with E-state index < -0.39 is 0 Å². The Balaban J connectivity index is 1.75. The standard InChI is InChI=1S/C17H11NO3/c19-12-2-3-13-15(9-12)21-16(17(13)20)8-10-1-4-14-11(7-10)5-6-18-14/h1-9,18-19H/b16-8+. The highest BCUT2D eigenvalue weighted by Gasteiger charge is 2.27. The molecule has 4 heteroatoms. The number of ketones is 1. The number of carbonyl (C=O) groups excluding carboxylic acids is 1. The summed E-state index contributed by atoms with van der Waals surface area (Å²) >= 11 is 0. The summed E-state index contributed by atoms with van der Waals surface area (Å²) in [5, 5.41) is 10.5. The molecule has 0 fully saturated rings. The molecule has 2 heterocycles. The van der Waals surface area contributed by atoms with Gasteiger partial charge in [-0.3, -0.25) is 4.79 Å². The van der Waals surface area contributed by atoms with E-state index in [-0.39, 0.29) is 17.3 Å². The summed E-state index contributed by atoms with van der Waals surface area (Å²) in [7, 11) is 0. The van der Waals surface area contributed by atoms with Gasteiger partial charge >= 0.3 is 0 Å². The second-order valence-electron chi connectivity index (χ2n) is 4.94. The summed E-state index contributed by atoms with van der Waals surface area (Å²) in [6.45, 7) is 0. The molecule has 102 valence electrons. The number of rotatable bonds is 1. The van der Waals surface area contributed by atoms with Gasteiger partial charge in [-0.15, -0.1) is 0 Å². The fraction of sp³-hybridized carbons (Fsp3) is 0. The van der Waals surface area contributed by atoms with Gasteiger partial charge in [0.15, 0.2) is 5.76 Å². The first-order valence-corrected chi connectivity index (χ1v) is 6.55. The van der Waals surface area contributed by atoms with E-state index in [0.29, 0.717) is 11.3 Å². The predicted molar refractivity (Wildman–Crippen MR) is 79.3 cm³/mol. The van der Waals surface area contributed by atoms with Crippen molar-refractivity contribution in [1.29, 1.82) is 0 Å². The number of ether oxygens (including phenoxy) is 1. The number of phenols is 1. The van der Waals surface area contributed by atoms with Gasteiger partial charge in [-0.05, 0) is 47.4 Å². The van der Waals surface area contributed by atoms with Crippen LogP contribution in [0.25, 0.3) is 17.0 Å². The number of allylic oxidation sites excluding steroid dienone is 1. The molecule has 3 aromatic rings. The van der Waals surface area contributed by atoms with Crippen LogP contribution in [0, 0.1) is 0 Å². The number of aromatic amines is 1. The second-order valence-corrected chi connectivity index (χ2v) is 4.94. The quantitative estimate of drug-likeness (QED) is 0.669. The Morgan fingerprint density at radius 1 is 1.10 bits per heavy atom. The summed E-state index contributed by atoms with van der Waals surface area (Å²) in [6, 6.07) is 12.3. The number of H-pyrrole nitrogens is 1. The third kappa shape index (κ3) is 1.89. The summed E-state index contributed by atoms with van der Waals surface area (Å²) in [5.74, 6) is 0.579.